The molecule has 2 aromatic carbocycles. The first-order valence-corrected chi connectivity index (χ1v) is 7.62. The number of fused-ring (bicyclic) bond motifs is 1. The monoisotopic (exact) mass is 345 g/mol. The lowest BCUT2D eigenvalue weighted by Crippen LogP contribution is -2.11. The van der Waals surface area contributed by atoms with Crippen LogP contribution in [-0.2, 0) is 4.74 Å². The zero-order valence-corrected chi connectivity index (χ0v) is 13.5. The summed E-state index contributed by atoms with van der Waals surface area (Å²) < 4.78 is 18.1. The molecular formula is C17H13ClFN3O2. The van der Waals surface area contributed by atoms with Crippen LogP contribution in [0.1, 0.15) is 17.5 Å². The van der Waals surface area contributed by atoms with Crippen LogP contribution in [0.4, 0.5) is 15.9 Å². The van der Waals surface area contributed by atoms with Gasteiger partial charge in [-0.2, -0.15) is 0 Å². The first kappa shape index (κ1) is 16.1. The van der Waals surface area contributed by atoms with Crippen LogP contribution in [0.5, 0.6) is 0 Å². The van der Waals surface area contributed by atoms with Gasteiger partial charge in [0.15, 0.2) is 0 Å². The van der Waals surface area contributed by atoms with Gasteiger partial charge in [0, 0.05) is 5.39 Å². The van der Waals surface area contributed by atoms with Gasteiger partial charge in [-0.15, -0.1) is 0 Å². The lowest BCUT2D eigenvalue weighted by atomic mass is 10.2. The molecule has 0 aliphatic heterocycles. The molecule has 0 aliphatic carbocycles. The van der Waals surface area contributed by atoms with Crippen molar-refractivity contribution in [1.82, 2.24) is 9.97 Å². The molecule has 0 aliphatic rings. The Morgan fingerprint density at radius 3 is 2.79 bits per heavy atom. The second-order valence-electron chi connectivity index (χ2n) is 4.88. The minimum atomic E-state index is -0.614. The number of esters is 1. The number of rotatable bonds is 4. The zero-order valence-electron chi connectivity index (χ0n) is 12.7. The number of hydrogen-bond donors (Lipinski definition) is 1. The highest BCUT2D eigenvalue weighted by molar-refractivity contribution is 6.33. The van der Waals surface area contributed by atoms with E-state index in [9.17, 15) is 9.18 Å². The lowest BCUT2D eigenvalue weighted by Gasteiger charge is -2.11. The fourth-order valence-electron chi connectivity index (χ4n) is 2.18. The van der Waals surface area contributed by atoms with Gasteiger partial charge in [0.2, 0.25) is 5.82 Å². The molecule has 3 rings (SSSR count). The summed E-state index contributed by atoms with van der Waals surface area (Å²) in [5, 5.41) is 3.93. The van der Waals surface area contributed by atoms with Crippen LogP contribution in [-0.4, -0.2) is 22.5 Å². The Morgan fingerprint density at radius 2 is 2.04 bits per heavy atom. The molecule has 7 heteroatoms. The number of carbonyl (C=O) groups is 1. The molecule has 24 heavy (non-hydrogen) atoms. The van der Waals surface area contributed by atoms with Crippen molar-refractivity contribution >= 4 is 40.0 Å². The van der Waals surface area contributed by atoms with E-state index in [-0.39, 0.29) is 17.5 Å². The van der Waals surface area contributed by atoms with Crippen molar-refractivity contribution in [3.8, 4) is 0 Å². The second kappa shape index (κ2) is 6.80. The van der Waals surface area contributed by atoms with Gasteiger partial charge in [-0.3, -0.25) is 0 Å². The number of anilines is 2. The van der Waals surface area contributed by atoms with Crippen LogP contribution in [0, 0.1) is 5.82 Å². The van der Waals surface area contributed by atoms with Crippen molar-refractivity contribution in [1.29, 1.82) is 0 Å². The lowest BCUT2D eigenvalue weighted by molar-refractivity contribution is 0.0512. The molecule has 0 fully saturated rings. The van der Waals surface area contributed by atoms with Gasteiger partial charge in [0.25, 0.3) is 0 Å². The van der Waals surface area contributed by atoms with Gasteiger partial charge in [-0.05, 0) is 37.3 Å². The van der Waals surface area contributed by atoms with Crippen LogP contribution in [0.3, 0.4) is 0 Å². The Kier molecular flexibility index (Phi) is 4.57. The highest BCUT2D eigenvalue weighted by Crippen LogP contribution is 2.29. The van der Waals surface area contributed by atoms with Crippen LogP contribution in [0.2, 0.25) is 5.02 Å². The molecule has 0 spiro atoms. The number of ether oxygens (including phenoxy) is 1. The van der Waals surface area contributed by atoms with Gasteiger partial charge in [0.1, 0.15) is 11.6 Å². The van der Waals surface area contributed by atoms with Crippen molar-refractivity contribution in [3.05, 3.63) is 59.1 Å². The maximum absolute atomic E-state index is 13.2. The molecule has 5 nitrogen and oxygen atoms in total. The van der Waals surface area contributed by atoms with E-state index in [1.165, 1.54) is 18.2 Å². The first-order chi connectivity index (χ1) is 11.6. The maximum Gasteiger partial charge on any atom is 0.376 e. The molecule has 122 valence electrons. The largest absolute Gasteiger partial charge is 0.460 e. The minimum Gasteiger partial charge on any atom is -0.460 e. The summed E-state index contributed by atoms with van der Waals surface area (Å²) in [6.45, 7) is 1.93. The average molecular weight is 346 g/mol. The number of aromatic nitrogens is 2. The molecule has 0 unspecified atom stereocenters. The van der Waals surface area contributed by atoms with Crippen LogP contribution < -0.4 is 5.32 Å². The van der Waals surface area contributed by atoms with Crippen molar-refractivity contribution in [2.24, 2.45) is 0 Å². The quantitative estimate of drug-likeness (QED) is 0.712. The van der Waals surface area contributed by atoms with Crippen molar-refractivity contribution in [3.63, 3.8) is 0 Å². The van der Waals surface area contributed by atoms with Gasteiger partial charge in [-0.25, -0.2) is 19.2 Å². The predicted molar refractivity (Wildman–Crippen MR) is 90.2 cm³/mol. The van der Waals surface area contributed by atoms with E-state index in [0.717, 1.165) is 0 Å². The molecule has 1 N–H and O–H groups in total. The zero-order chi connectivity index (χ0) is 17.1. The molecule has 0 bridgehead atoms. The Hall–Kier alpha value is -2.73. The van der Waals surface area contributed by atoms with Crippen molar-refractivity contribution < 1.29 is 13.9 Å². The third-order valence-electron chi connectivity index (χ3n) is 3.25. The standard InChI is InChI=1S/C17H13ClFN3O2/c1-2-24-17(23)16-20-13-6-4-3-5-11(13)15(22-16)21-14-8-7-10(19)9-12(14)18/h3-9H,2H2,1H3,(H,20,21,22). The number of nitrogens with zero attached hydrogens (tertiary/aromatic N) is 2. The SMILES string of the molecule is CCOC(=O)c1nc(Nc2ccc(F)cc2Cl)c2ccccc2n1. The molecule has 3 aromatic rings. The van der Waals surface area contributed by atoms with E-state index < -0.39 is 11.8 Å². The molecular weight excluding hydrogens is 333 g/mol. The summed E-state index contributed by atoms with van der Waals surface area (Å²) in [7, 11) is 0. The molecule has 0 saturated carbocycles. The normalized spacial score (nSPS) is 10.6. The van der Waals surface area contributed by atoms with Crippen molar-refractivity contribution in [2.75, 3.05) is 11.9 Å². The van der Waals surface area contributed by atoms with Crippen LogP contribution >= 0.6 is 11.6 Å². The summed E-state index contributed by atoms with van der Waals surface area (Å²) in [6.07, 6.45) is 0. The topological polar surface area (TPSA) is 64.1 Å². The highest BCUT2D eigenvalue weighted by atomic mass is 35.5. The minimum absolute atomic E-state index is 0.0590. The van der Waals surface area contributed by atoms with Gasteiger partial charge < -0.3 is 10.1 Å². The average Bonchev–Trinajstić information content (AvgIpc) is 2.57. The number of carbonyl (C=O) groups excluding carboxylic acids is 1. The van der Waals surface area contributed by atoms with E-state index in [0.29, 0.717) is 22.4 Å². The third-order valence-corrected chi connectivity index (χ3v) is 3.56. The maximum atomic E-state index is 13.2. The number of halogens is 2. The van der Waals surface area contributed by atoms with Gasteiger partial charge in [-0.1, -0.05) is 23.7 Å². The predicted octanol–water partition coefficient (Wildman–Crippen LogP) is 4.34. The highest BCUT2D eigenvalue weighted by Gasteiger charge is 2.15. The fraction of sp³-hybridized carbons (Fsp3) is 0.118. The Bertz CT molecular complexity index is 917. The first-order valence-electron chi connectivity index (χ1n) is 7.24. The summed E-state index contributed by atoms with van der Waals surface area (Å²) in [5.41, 5.74) is 1.05. The molecule has 1 heterocycles. The van der Waals surface area contributed by atoms with E-state index in [1.54, 1.807) is 19.1 Å². The van der Waals surface area contributed by atoms with Crippen molar-refractivity contribution in [2.45, 2.75) is 6.92 Å². The Labute approximate surface area is 142 Å². The summed E-state index contributed by atoms with van der Waals surface area (Å²) in [4.78, 5) is 20.4. The van der Waals surface area contributed by atoms with E-state index >= 15 is 0 Å². The number of hydrogen-bond acceptors (Lipinski definition) is 5. The Morgan fingerprint density at radius 1 is 1.25 bits per heavy atom. The number of para-hydroxylation sites is 1. The van der Waals surface area contributed by atoms with Crippen LogP contribution in [0.25, 0.3) is 10.9 Å². The molecule has 0 amide bonds. The molecule has 0 atom stereocenters. The van der Waals surface area contributed by atoms with E-state index in [1.807, 2.05) is 12.1 Å². The molecule has 0 saturated heterocycles. The smallest absolute Gasteiger partial charge is 0.376 e. The van der Waals surface area contributed by atoms with E-state index in [2.05, 4.69) is 15.3 Å². The third kappa shape index (κ3) is 3.28. The number of benzene rings is 2. The second-order valence-corrected chi connectivity index (χ2v) is 5.29. The van der Waals surface area contributed by atoms with Gasteiger partial charge in [0.05, 0.1) is 22.8 Å². The van der Waals surface area contributed by atoms with Crippen LogP contribution in [0.15, 0.2) is 42.5 Å². The molecule has 0 radical (unpaired) electrons. The Balaban J connectivity index is 2.09. The summed E-state index contributed by atoms with van der Waals surface area (Å²) >= 11 is 6.05. The summed E-state index contributed by atoms with van der Waals surface area (Å²) in [6, 6.07) is 11.2. The fourth-order valence-corrected chi connectivity index (χ4v) is 2.39. The number of nitrogens with one attached hydrogen (secondary N) is 1. The van der Waals surface area contributed by atoms with Gasteiger partial charge >= 0.3 is 5.97 Å². The van der Waals surface area contributed by atoms with E-state index in [4.69, 9.17) is 16.3 Å². The molecule has 1 aromatic heterocycles. The summed E-state index contributed by atoms with van der Waals surface area (Å²) in [5.74, 6) is -0.727.